The number of benzene rings is 3. The van der Waals surface area contributed by atoms with Gasteiger partial charge in [0.25, 0.3) is 5.56 Å². The van der Waals surface area contributed by atoms with Crippen LogP contribution in [0.25, 0.3) is 27.7 Å². The van der Waals surface area contributed by atoms with Gasteiger partial charge >= 0.3 is 0 Å². The highest BCUT2D eigenvalue weighted by Gasteiger charge is 2.11. The molecule has 0 fully saturated rings. The van der Waals surface area contributed by atoms with Gasteiger partial charge in [0.05, 0.1) is 23.7 Å². The Kier molecular flexibility index (Phi) is 5.77. The number of aromatic nitrogens is 2. The molecule has 0 aliphatic rings. The van der Waals surface area contributed by atoms with E-state index in [2.05, 4.69) is 10.3 Å². The van der Waals surface area contributed by atoms with E-state index in [1.54, 1.807) is 25.6 Å². The average molecular weight is 401 g/mol. The normalized spacial score (nSPS) is 10.9. The minimum atomic E-state index is -0.134. The molecule has 0 saturated carbocycles. The second-order valence-electron chi connectivity index (χ2n) is 6.80. The summed E-state index contributed by atoms with van der Waals surface area (Å²) in [6.45, 7) is 1.25. The van der Waals surface area contributed by atoms with Gasteiger partial charge in [0.15, 0.2) is 11.5 Å². The summed E-state index contributed by atoms with van der Waals surface area (Å²) in [6, 6.07) is 21.2. The molecule has 0 bridgehead atoms. The number of methoxy groups -OCH3 is 1. The van der Waals surface area contributed by atoms with Gasteiger partial charge in [-0.1, -0.05) is 36.4 Å². The molecule has 6 heteroatoms. The molecule has 0 aliphatic heterocycles. The maximum atomic E-state index is 13.1. The maximum absolute atomic E-state index is 13.1. The van der Waals surface area contributed by atoms with Gasteiger partial charge in [0.2, 0.25) is 0 Å². The first-order chi connectivity index (χ1) is 14.7. The maximum Gasteiger partial charge on any atom is 0.265 e. The van der Waals surface area contributed by atoms with Crippen LogP contribution >= 0.6 is 0 Å². The van der Waals surface area contributed by atoms with Crippen molar-refractivity contribution in [2.75, 3.05) is 27.3 Å². The van der Waals surface area contributed by atoms with Crippen molar-refractivity contribution in [2.24, 2.45) is 0 Å². The van der Waals surface area contributed by atoms with E-state index in [9.17, 15) is 4.79 Å². The Balaban J connectivity index is 1.71. The number of likely N-dealkylation sites (N-methyl/N-ethyl adjacent to an activating group) is 1. The quantitative estimate of drug-likeness (QED) is 0.479. The van der Waals surface area contributed by atoms with Crippen molar-refractivity contribution < 1.29 is 9.47 Å². The zero-order chi connectivity index (χ0) is 20.9. The largest absolute Gasteiger partial charge is 0.493 e. The molecule has 4 rings (SSSR count). The number of ether oxygens (including phenoxy) is 2. The summed E-state index contributed by atoms with van der Waals surface area (Å²) in [5.74, 6) is 1.20. The van der Waals surface area contributed by atoms with E-state index in [0.29, 0.717) is 34.7 Å². The highest BCUT2D eigenvalue weighted by atomic mass is 16.5. The van der Waals surface area contributed by atoms with Gasteiger partial charge in [-0.2, -0.15) is 0 Å². The van der Waals surface area contributed by atoms with Crippen molar-refractivity contribution in [1.29, 1.82) is 0 Å². The summed E-state index contributed by atoms with van der Waals surface area (Å²) in [4.78, 5) is 17.6. The van der Waals surface area contributed by atoms with E-state index in [-0.39, 0.29) is 5.56 Å². The lowest BCUT2D eigenvalue weighted by Crippen LogP contribution is -2.19. The number of fused-ring (bicyclic) bond motifs is 1. The van der Waals surface area contributed by atoms with Crippen molar-refractivity contribution >= 4 is 10.9 Å². The first kappa shape index (κ1) is 19.7. The van der Waals surface area contributed by atoms with Crippen molar-refractivity contribution in [2.45, 2.75) is 0 Å². The monoisotopic (exact) mass is 401 g/mol. The highest BCUT2D eigenvalue weighted by molar-refractivity contribution is 5.83. The van der Waals surface area contributed by atoms with E-state index in [1.807, 2.05) is 61.6 Å². The summed E-state index contributed by atoms with van der Waals surface area (Å²) in [6.07, 6.45) is 1.55. The Labute approximate surface area is 174 Å². The molecule has 1 aromatic heterocycles. The van der Waals surface area contributed by atoms with E-state index >= 15 is 0 Å². The molecule has 4 aromatic rings. The zero-order valence-electron chi connectivity index (χ0n) is 17.0. The summed E-state index contributed by atoms with van der Waals surface area (Å²) >= 11 is 0. The molecule has 0 atom stereocenters. The number of nitrogens with one attached hydrogen (secondary N) is 1. The van der Waals surface area contributed by atoms with Gasteiger partial charge in [-0.3, -0.25) is 9.36 Å². The first-order valence-corrected chi connectivity index (χ1v) is 9.74. The van der Waals surface area contributed by atoms with Crippen LogP contribution in [0.2, 0.25) is 0 Å². The molecule has 0 radical (unpaired) electrons. The Bertz CT molecular complexity index is 1220. The van der Waals surface area contributed by atoms with Gasteiger partial charge in [-0.15, -0.1) is 0 Å². The van der Waals surface area contributed by atoms with Crippen LogP contribution in [-0.2, 0) is 0 Å². The molecule has 1 N–H and O–H groups in total. The molecule has 30 heavy (non-hydrogen) atoms. The van der Waals surface area contributed by atoms with Crippen LogP contribution in [-0.4, -0.2) is 36.9 Å². The van der Waals surface area contributed by atoms with E-state index < -0.39 is 0 Å². The number of hydrogen-bond acceptors (Lipinski definition) is 5. The van der Waals surface area contributed by atoms with E-state index in [4.69, 9.17) is 9.47 Å². The molecular weight excluding hydrogens is 378 g/mol. The second-order valence-corrected chi connectivity index (χ2v) is 6.80. The SMILES string of the molecule is CNCCOc1ccc(-n2cnc3cc(-c4ccccc4)ccc3c2=O)cc1OC. The van der Waals surface area contributed by atoms with Crippen LogP contribution in [0.15, 0.2) is 77.9 Å². The Morgan fingerprint density at radius 3 is 2.57 bits per heavy atom. The lowest BCUT2D eigenvalue weighted by Gasteiger charge is -2.13. The third kappa shape index (κ3) is 3.90. The Morgan fingerprint density at radius 1 is 0.967 bits per heavy atom. The van der Waals surface area contributed by atoms with Gasteiger partial charge < -0.3 is 14.8 Å². The third-order valence-electron chi connectivity index (χ3n) is 4.90. The predicted octanol–water partition coefficient (Wildman–Crippen LogP) is 3.66. The van der Waals surface area contributed by atoms with Crippen LogP contribution < -0.4 is 20.3 Å². The van der Waals surface area contributed by atoms with E-state index in [1.165, 1.54) is 4.57 Å². The van der Waals surface area contributed by atoms with Crippen LogP contribution in [0.3, 0.4) is 0 Å². The smallest absolute Gasteiger partial charge is 0.265 e. The fraction of sp³-hybridized carbons (Fsp3) is 0.167. The topological polar surface area (TPSA) is 65.4 Å². The van der Waals surface area contributed by atoms with Crippen LogP contribution in [0, 0.1) is 0 Å². The minimum Gasteiger partial charge on any atom is -0.493 e. The Morgan fingerprint density at radius 2 is 1.80 bits per heavy atom. The summed E-state index contributed by atoms with van der Waals surface area (Å²) < 4.78 is 12.7. The second kappa shape index (κ2) is 8.80. The van der Waals surface area contributed by atoms with Crippen molar-refractivity contribution in [3.63, 3.8) is 0 Å². The zero-order valence-corrected chi connectivity index (χ0v) is 17.0. The molecule has 6 nitrogen and oxygen atoms in total. The van der Waals surface area contributed by atoms with Gasteiger partial charge in [0.1, 0.15) is 12.9 Å². The van der Waals surface area contributed by atoms with Crippen molar-refractivity contribution in [3.05, 3.63) is 83.4 Å². The molecule has 0 saturated heterocycles. The molecule has 0 spiro atoms. The lowest BCUT2D eigenvalue weighted by molar-refractivity contribution is 0.295. The molecule has 152 valence electrons. The predicted molar refractivity (Wildman–Crippen MR) is 119 cm³/mol. The summed E-state index contributed by atoms with van der Waals surface area (Å²) in [7, 11) is 3.45. The van der Waals surface area contributed by atoms with Crippen molar-refractivity contribution in [3.8, 4) is 28.3 Å². The molecule has 3 aromatic carbocycles. The first-order valence-electron chi connectivity index (χ1n) is 9.74. The number of nitrogens with zero attached hydrogens (tertiary/aromatic N) is 2. The van der Waals surface area contributed by atoms with E-state index in [0.717, 1.165) is 17.7 Å². The number of hydrogen-bond donors (Lipinski definition) is 1. The van der Waals surface area contributed by atoms with Gasteiger partial charge in [0, 0.05) is 12.6 Å². The molecule has 0 aliphatic carbocycles. The fourth-order valence-corrected chi connectivity index (χ4v) is 3.30. The Hall–Kier alpha value is -3.64. The molecule has 1 heterocycles. The molecule has 0 unspecified atom stereocenters. The number of rotatable bonds is 7. The van der Waals surface area contributed by atoms with Gasteiger partial charge in [-0.25, -0.2) is 4.98 Å². The van der Waals surface area contributed by atoms with Gasteiger partial charge in [-0.05, 0) is 42.4 Å². The summed E-state index contributed by atoms with van der Waals surface area (Å²) in [5.41, 5.74) is 3.31. The lowest BCUT2D eigenvalue weighted by atomic mass is 10.0. The van der Waals surface area contributed by atoms with Crippen LogP contribution in [0.1, 0.15) is 0 Å². The molecule has 0 amide bonds. The molecular formula is C24H23N3O3. The van der Waals surface area contributed by atoms with Crippen LogP contribution in [0.4, 0.5) is 0 Å². The fourth-order valence-electron chi connectivity index (χ4n) is 3.30. The minimum absolute atomic E-state index is 0.134. The standard InChI is InChI=1S/C24H23N3O3/c1-25-12-13-30-22-11-9-19(15-23(22)29-2)27-16-26-21-14-18(8-10-20(21)24(27)28)17-6-4-3-5-7-17/h3-11,14-16,25H,12-13H2,1-2H3. The average Bonchev–Trinajstić information content (AvgIpc) is 2.80. The third-order valence-corrected chi connectivity index (χ3v) is 4.90. The highest BCUT2D eigenvalue weighted by Crippen LogP contribution is 2.29. The van der Waals surface area contributed by atoms with Crippen molar-refractivity contribution in [1.82, 2.24) is 14.9 Å². The summed E-state index contributed by atoms with van der Waals surface area (Å²) in [5, 5.41) is 3.59. The van der Waals surface area contributed by atoms with Crippen LogP contribution in [0.5, 0.6) is 11.5 Å².